The van der Waals surface area contributed by atoms with Crippen LogP contribution >= 0.6 is 35.0 Å². The number of hydrogen-bond acceptors (Lipinski definition) is 3. The van der Waals surface area contributed by atoms with Crippen LogP contribution in [-0.2, 0) is 21.8 Å². The van der Waals surface area contributed by atoms with Crippen LogP contribution in [0, 0.1) is 0 Å². The van der Waals surface area contributed by atoms with Gasteiger partial charge < -0.3 is 10.2 Å². The normalized spacial score (nSPS) is 12.3. The Balaban J connectivity index is 2.06. The molecule has 0 aliphatic rings. The van der Waals surface area contributed by atoms with Crippen LogP contribution in [0.1, 0.15) is 38.8 Å². The number of halogens is 2. The van der Waals surface area contributed by atoms with Gasteiger partial charge in [-0.15, -0.1) is 11.8 Å². The van der Waals surface area contributed by atoms with E-state index < -0.39 is 6.04 Å². The first-order valence-corrected chi connectivity index (χ1v) is 12.2. The van der Waals surface area contributed by atoms with Gasteiger partial charge in [0.25, 0.3) is 0 Å². The molecule has 2 amide bonds. The summed E-state index contributed by atoms with van der Waals surface area (Å²) in [6.07, 6.45) is 0.681. The molecule has 0 bridgehead atoms. The van der Waals surface area contributed by atoms with Crippen LogP contribution < -0.4 is 5.32 Å². The second-order valence-corrected chi connectivity index (χ2v) is 10.2. The van der Waals surface area contributed by atoms with Crippen molar-refractivity contribution in [2.45, 2.75) is 51.4 Å². The minimum absolute atomic E-state index is 0.0827. The van der Waals surface area contributed by atoms with Gasteiger partial charge in [0, 0.05) is 27.9 Å². The number of thioether (sulfide) groups is 1. The molecule has 1 N–H and O–H groups in total. The minimum Gasteiger partial charge on any atom is -0.350 e. The highest BCUT2D eigenvalue weighted by atomic mass is 35.5. The van der Waals surface area contributed by atoms with E-state index in [9.17, 15) is 9.59 Å². The van der Waals surface area contributed by atoms with E-state index in [1.165, 1.54) is 11.8 Å². The molecule has 0 aromatic heterocycles. The van der Waals surface area contributed by atoms with Crippen LogP contribution in [0.2, 0.25) is 10.0 Å². The highest BCUT2D eigenvalue weighted by molar-refractivity contribution is 7.99. The summed E-state index contributed by atoms with van der Waals surface area (Å²) in [6, 6.07) is 14.8. The van der Waals surface area contributed by atoms with Crippen molar-refractivity contribution in [1.82, 2.24) is 10.2 Å². The predicted molar refractivity (Wildman–Crippen MR) is 132 cm³/mol. The summed E-state index contributed by atoms with van der Waals surface area (Å²) >= 11 is 13.9. The minimum atomic E-state index is -0.570. The van der Waals surface area contributed by atoms with E-state index in [0.717, 1.165) is 11.1 Å². The van der Waals surface area contributed by atoms with E-state index in [1.54, 1.807) is 30.0 Å². The fourth-order valence-corrected chi connectivity index (χ4v) is 4.68. The first-order chi connectivity index (χ1) is 14.6. The summed E-state index contributed by atoms with van der Waals surface area (Å²) in [5.41, 5.74) is 1.58. The summed E-state index contributed by atoms with van der Waals surface area (Å²) in [4.78, 5) is 27.5. The summed E-state index contributed by atoms with van der Waals surface area (Å²) in [7, 11) is 0. The van der Waals surface area contributed by atoms with Crippen molar-refractivity contribution >= 4 is 46.8 Å². The highest BCUT2D eigenvalue weighted by Gasteiger charge is 2.28. The number of rotatable bonds is 9. The second kappa shape index (κ2) is 11.8. The number of nitrogens with zero attached hydrogens (tertiary/aromatic N) is 1. The zero-order chi connectivity index (χ0) is 23.0. The third-order valence-electron chi connectivity index (χ3n) is 4.68. The monoisotopic (exact) mass is 480 g/mol. The van der Waals surface area contributed by atoms with Crippen LogP contribution in [0.3, 0.4) is 0 Å². The third-order valence-corrected chi connectivity index (χ3v) is 6.34. The summed E-state index contributed by atoms with van der Waals surface area (Å²) in [5.74, 6) is 0.525. The van der Waals surface area contributed by atoms with Gasteiger partial charge in [-0.05, 0) is 57.4 Å². The standard InChI is InChI=1S/C24H30Cl2N2O2S/c1-17(23(30)27-24(2,3)4)28(14-13-18-9-6-5-7-10-18)22(29)16-31-15-19-20(25)11-8-12-21(19)26/h5-12,17H,13-16H2,1-4H3,(H,27,30)/t17-/m0/s1. The van der Waals surface area contributed by atoms with Crippen molar-refractivity contribution in [1.29, 1.82) is 0 Å². The van der Waals surface area contributed by atoms with Crippen molar-refractivity contribution in [2.75, 3.05) is 12.3 Å². The van der Waals surface area contributed by atoms with Gasteiger partial charge in [0.1, 0.15) is 6.04 Å². The molecular formula is C24H30Cl2N2O2S. The molecule has 2 aromatic rings. The summed E-state index contributed by atoms with van der Waals surface area (Å²) in [6.45, 7) is 8.03. The smallest absolute Gasteiger partial charge is 0.242 e. The SMILES string of the molecule is C[C@@H](C(=O)NC(C)(C)C)N(CCc1ccccc1)C(=O)CSCc1c(Cl)cccc1Cl. The molecule has 0 radical (unpaired) electrons. The van der Waals surface area contributed by atoms with Crippen molar-refractivity contribution < 1.29 is 9.59 Å². The average Bonchev–Trinajstić information content (AvgIpc) is 2.69. The van der Waals surface area contributed by atoms with Crippen LogP contribution in [0.15, 0.2) is 48.5 Å². The zero-order valence-corrected chi connectivity index (χ0v) is 20.8. The average molecular weight is 481 g/mol. The van der Waals surface area contributed by atoms with Gasteiger partial charge in [-0.1, -0.05) is 59.6 Å². The first-order valence-electron chi connectivity index (χ1n) is 10.2. The molecule has 4 nitrogen and oxygen atoms in total. The maximum atomic E-state index is 13.1. The van der Waals surface area contributed by atoms with Gasteiger partial charge in [0.05, 0.1) is 5.75 Å². The molecule has 31 heavy (non-hydrogen) atoms. The molecule has 0 heterocycles. The Labute approximate surface area is 199 Å². The highest BCUT2D eigenvalue weighted by Crippen LogP contribution is 2.28. The van der Waals surface area contributed by atoms with Crippen LogP contribution in [0.25, 0.3) is 0 Å². The number of carbonyl (C=O) groups is 2. The topological polar surface area (TPSA) is 49.4 Å². The molecule has 168 valence electrons. The fraction of sp³-hybridized carbons (Fsp3) is 0.417. The largest absolute Gasteiger partial charge is 0.350 e. The van der Waals surface area contributed by atoms with Gasteiger partial charge >= 0.3 is 0 Å². The molecule has 0 saturated carbocycles. The van der Waals surface area contributed by atoms with Gasteiger partial charge in [0.2, 0.25) is 11.8 Å². The summed E-state index contributed by atoms with van der Waals surface area (Å²) < 4.78 is 0. The van der Waals surface area contributed by atoms with Crippen LogP contribution in [-0.4, -0.2) is 40.6 Å². The van der Waals surface area contributed by atoms with Gasteiger partial charge in [0.15, 0.2) is 0 Å². The Morgan fingerprint density at radius 1 is 1.03 bits per heavy atom. The summed E-state index contributed by atoms with van der Waals surface area (Å²) in [5, 5.41) is 4.15. The molecule has 0 saturated heterocycles. The van der Waals surface area contributed by atoms with E-state index in [2.05, 4.69) is 5.32 Å². The van der Waals surface area contributed by atoms with Gasteiger partial charge in [-0.3, -0.25) is 9.59 Å². The molecule has 0 fully saturated rings. The van der Waals surface area contributed by atoms with E-state index >= 15 is 0 Å². The lowest BCUT2D eigenvalue weighted by Gasteiger charge is -2.31. The Kier molecular flexibility index (Phi) is 9.73. The molecule has 1 atom stereocenters. The molecular weight excluding hydrogens is 451 g/mol. The maximum Gasteiger partial charge on any atom is 0.242 e. The van der Waals surface area contributed by atoms with Crippen LogP contribution in [0.4, 0.5) is 0 Å². The maximum absolute atomic E-state index is 13.1. The molecule has 0 spiro atoms. The second-order valence-electron chi connectivity index (χ2n) is 8.43. The lowest BCUT2D eigenvalue weighted by molar-refractivity contribution is -0.138. The van der Waals surface area contributed by atoms with Crippen molar-refractivity contribution in [2.24, 2.45) is 0 Å². The Hall–Kier alpha value is -1.69. The zero-order valence-electron chi connectivity index (χ0n) is 18.5. The lowest BCUT2D eigenvalue weighted by Crippen LogP contribution is -2.53. The van der Waals surface area contributed by atoms with E-state index in [-0.39, 0.29) is 23.1 Å². The van der Waals surface area contributed by atoms with E-state index in [0.29, 0.717) is 28.8 Å². The number of benzene rings is 2. The molecule has 0 aliphatic heterocycles. The van der Waals surface area contributed by atoms with Gasteiger partial charge in [-0.2, -0.15) is 0 Å². The molecule has 0 unspecified atom stereocenters. The van der Waals surface area contributed by atoms with Crippen molar-refractivity contribution in [3.05, 3.63) is 69.7 Å². The molecule has 7 heteroatoms. The lowest BCUT2D eigenvalue weighted by atomic mass is 10.1. The number of carbonyl (C=O) groups excluding carboxylic acids is 2. The third kappa shape index (κ3) is 8.40. The molecule has 2 rings (SSSR count). The first kappa shape index (κ1) is 25.6. The molecule has 2 aromatic carbocycles. The van der Waals surface area contributed by atoms with Crippen molar-refractivity contribution in [3.63, 3.8) is 0 Å². The Morgan fingerprint density at radius 2 is 1.65 bits per heavy atom. The quantitative estimate of drug-likeness (QED) is 0.507. The van der Waals surface area contributed by atoms with Gasteiger partial charge in [-0.25, -0.2) is 0 Å². The van der Waals surface area contributed by atoms with E-state index in [1.807, 2.05) is 51.1 Å². The Morgan fingerprint density at radius 3 is 2.23 bits per heavy atom. The van der Waals surface area contributed by atoms with E-state index in [4.69, 9.17) is 23.2 Å². The fourth-order valence-electron chi connectivity index (χ4n) is 3.04. The van der Waals surface area contributed by atoms with Crippen molar-refractivity contribution in [3.8, 4) is 0 Å². The molecule has 0 aliphatic carbocycles. The Bertz CT molecular complexity index is 865. The number of amides is 2. The number of hydrogen-bond donors (Lipinski definition) is 1. The van der Waals surface area contributed by atoms with Crippen LogP contribution in [0.5, 0.6) is 0 Å². The number of nitrogens with one attached hydrogen (secondary N) is 1. The predicted octanol–water partition coefficient (Wildman–Crippen LogP) is 5.60.